The van der Waals surface area contributed by atoms with Gasteiger partial charge < -0.3 is 0 Å². The Balaban J connectivity index is 0. The molecule has 0 amide bonds. The molecule has 0 aromatic rings. The van der Waals surface area contributed by atoms with Crippen LogP contribution in [0.5, 0.6) is 0 Å². The van der Waals surface area contributed by atoms with Crippen LogP contribution < -0.4 is 0 Å². The molecule has 0 aromatic heterocycles. The molecule has 0 N–H and O–H groups in total. The topological polar surface area (TPSA) is 37.0 Å². The molecular weight excluding hydrogens is 175 g/mol. The SMILES string of the molecule is CCCCC[O].O=C(Cl)Cl. The summed E-state index contributed by atoms with van der Waals surface area (Å²) in [4.78, 5) is 8.98. The van der Waals surface area contributed by atoms with Gasteiger partial charge in [0.1, 0.15) is 0 Å². The van der Waals surface area contributed by atoms with Crippen LogP contribution >= 0.6 is 23.2 Å². The molecule has 1 radical (unpaired) electrons. The lowest BCUT2D eigenvalue weighted by molar-refractivity contribution is 0.186. The highest BCUT2D eigenvalue weighted by Crippen LogP contribution is 1.89. The Labute approximate surface area is 71.1 Å². The van der Waals surface area contributed by atoms with Crippen molar-refractivity contribution in [3.8, 4) is 0 Å². The van der Waals surface area contributed by atoms with E-state index < -0.39 is 4.70 Å². The van der Waals surface area contributed by atoms with Crippen molar-refractivity contribution in [2.45, 2.75) is 26.2 Å². The number of rotatable bonds is 3. The van der Waals surface area contributed by atoms with Crippen molar-refractivity contribution in [1.29, 1.82) is 0 Å². The lowest BCUT2D eigenvalue weighted by Crippen LogP contribution is -1.76. The summed E-state index contributed by atoms with van der Waals surface area (Å²) < 4.78 is -0.889. The largest absolute Gasteiger partial charge is 0.313 e. The molecule has 61 valence electrons. The minimum absolute atomic E-state index is 0.105. The Kier molecular flexibility index (Phi) is 15.3. The van der Waals surface area contributed by atoms with Crippen LogP contribution in [0.1, 0.15) is 26.2 Å². The van der Waals surface area contributed by atoms with Gasteiger partial charge in [-0.1, -0.05) is 19.8 Å². The van der Waals surface area contributed by atoms with E-state index in [1.807, 2.05) is 0 Å². The highest BCUT2D eigenvalue weighted by atomic mass is 35.5. The van der Waals surface area contributed by atoms with Gasteiger partial charge in [-0.05, 0) is 29.6 Å². The van der Waals surface area contributed by atoms with E-state index in [1.54, 1.807) is 0 Å². The number of hydrogen-bond donors (Lipinski definition) is 0. The fraction of sp³-hybridized carbons (Fsp3) is 0.833. The van der Waals surface area contributed by atoms with Crippen LogP contribution in [0, 0.1) is 0 Å². The van der Waals surface area contributed by atoms with Crippen molar-refractivity contribution < 1.29 is 9.90 Å². The van der Waals surface area contributed by atoms with Gasteiger partial charge in [0.15, 0.2) is 0 Å². The summed E-state index contributed by atoms with van der Waals surface area (Å²) in [6.07, 6.45) is 3.11. The van der Waals surface area contributed by atoms with Crippen molar-refractivity contribution in [2.75, 3.05) is 6.61 Å². The number of halogens is 2. The van der Waals surface area contributed by atoms with Gasteiger partial charge in [0.2, 0.25) is 0 Å². The molecule has 0 aliphatic carbocycles. The normalized spacial score (nSPS) is 8.00. The minimum atomic E-state index is -0.889. The number of hydrogen-bond acceptors (Lipinski definition) is 1. The van der Waals surface area contributed by atoms with Gasteiger partial charge in [0.25, 0.3) is 0 Å². The third-order valence-corrected chi connectivity index (χ3v) is 0.748. The van der Waals surface area contributed by atoms with Gasteiger partial charge in [0.05, 0.1) is 6.61 Å². The van der Waals surface area contributed by atoms with Gasteiger partial charge in [-0.2, -0.15) is 0 Å². The van der Waals surface area contributed by atoms with E-state index in [4.69, 9.17) is 4.79 Å². The first kappa shape index (κ1) is 12.8. The molecule has 0 spiro atoms. The van der Waals surface area contributed by atoms with E-state index in [0.29, 0.717) is 0 Å². The zero-order valence-corrected chi connectivity index (χ0v) is 7.41. The fourth-order valence-corrected chi connectivity index (χ4v) is 0.352. The van der Waals surface area contributed by atoms with Crippen molar-refractivity contribution in [2.24, 2.45) is 0 Å². The molecule has 0 bridgehead atoms. The molecule has 0 aliphatic rings. The van der Waals surface area contributed by atoms with Gasteiger partial charge in [-0.25, -0.2) is 5.11 Å². The van der Waals surface area contributed by atoms with Gasteiger partial charge in [0, 0.05) is 0 Å². The molecule has 4 heteroatoms. The van der Waals surface area contributed by atoms with Crippen molar-refractivity contribution in [3.63, 3.8) is 0 Å². The predicted molar refractivity (Wildman–Crippen MR) is 42.2 cm³/mol. The maximum absolute atomic E-state index is 9.69. The minimum Gasteiger partial charge on any atom is -0.262 e. The molecule has 0 heterocycles. The molecule has 2 nitrogen and oxygen atoms in total. The summed E-state index contributed by atoms with van der Waals surface area (Å²) in [6, 6.07) is 0. The molecule has 0 rings (SSSR count). The number of carbonyl (C=O) groups excluding carboxylic acids is 1. The molecule has 0 fully saturated rings. The second-order valence-electron chi connectivity index (χ2n) is 1.64. The van der Waals surface area contributed by atoms with E-state index in [2.05, 4.69) is 30.1 Å². The van der Waals surface area contributed by atoms with Crippen molar-refractivity contribution in [3.05, 3.63) is 0 Å². The highest BCUT2D eigenvalue weighted by molar-refractivity contribution is 6.93. The average molecular weight is 186 g/mol. The van der Waals surface area contributed by atoms with Crippen LogP contribution in [0.4, 0.5) is 4.79 Å². The standard InChI is InChI=1S/C5H11O.CCl2O/c1-2-3-4-5-6;2-1(3)4/h2-5H2,1H3;. The summed E-state index contributed by atoms with van der Waals surface area (Å²) in [5.74, 6) is 0. The Morgan fingerprint density at radius 1 is 1.30 bits per heavy atom. The smallest absolute Gasteiger partial charge is 0.262 e. The lowest BCUT2D eigenvalue weighted by atomic mass is 10.3. The fourth-order valence-electron chi connectivity index (χ4n) is 0.352. The second kappa shape index (κ2) is 11.9. The maximum Gasteiger partial charge on any atom is 0.313 e. The average Bonchev–Trinajstić information content (AvgIpc) is 1.82. The maximum atomic E-state index is 9.69. The molecule has 10 heavy (non-hydrogen) atoms. The third kappa shape index (κ3) is 41.4. The molecule has 0 saturated heterocycles. The Bertz CT molecular complexity index is 68.1. The van der Waals surface area contributed by atoms with E-state index in [1.165, 1.54) is 0 Å². The third-order valence-electron chi connectivity index (χ3n) is 0.748. The van der Waals surface area contributed by atoms with Gasteiger partial charge in [-0.3, -0.25) is 4.79 Å². The number of unbranched alkanes of at least 4 members (excludes halogenated alkanes) is 2. The van der Waals surface area contributed by atoms with E-state index in [0.717, 1.165) is 19.3 Å². The van der Waals surface area contributed by atoms with Crippen LogP contribution in [0.25, 0.3) is 0 Å². The summed E-state index contributed by atoms with van der Waals surface area (Å²) in [7, 11) is 0. The Morgan fingerprint density at radius 2 is 1.70 bits per heavy atom. The monoisotopic (exact) mass is 185 g/mol. The van der Waals surface area contributed by atoms with Crippen LogP contribution in [0.3, 0.4) is 0 Å². The highest BCUT2D eigenvalue weighted by Gasteiger charge is 1.77. The molecule has 0 atom stereocenters. The molecular formula is C6H11Cl2O2. The van der Waals surface area contributed by atoms with Gasteiger partial charge in [-0.15, -0.1) is 0 Å². The van der Waals surface area contributed by atoms with Crippen LogP contribution in [-0.4, -0.2) is 11.3 Å². The van der Waals surface area contributed by atoms with Gasteiger partial charge >= 0.3 is 4.70 Å². The molecule has 0 aliphatic heterocycles. The summed E-state index contributed by atoms with van der Waals surface area (Å²) in [5, 5.41) is 9.69. The zero-order chi connectivity index (χ0) is 8.41. The quantitative estimate of drug-likeness (QED) is 0.492. The van der Waals surface area contributed by atoms with E-state index >= 15 is 0 Å². The second-order valence-corrected chi connectivity index (χ2v) is 2.52. The van der Waals surface area contributed by atoms with Crippen LogP contribution in [-0.2, 0) is 5.11 Å². The first-order valence-electron chi connectivity index (χ1n) is 3.08. The Morgan fingerprint density at radius 3 is 1.80 bits per heavy atom. The van der Waals surface area contributed by atoms with Crippen LogP contribution in [0.2, 0.25) is 0 Å². The number of carbonyl (C=O) groups is 1. The first-order chi connectivity index (χ1) is 4.65. The first-order valence-corrected chi connectivity index (χ1v) is 3.83. The van der Waals surface area contributed by atoms with E-state index in [-0.39, 0.29) is 6.61 Å². The van der Waals surface area contributed by atoms with Crippen molar-refractivity contribution >= 4 is 27.9 Å². The Hall–Kier alpha value is 0.210. The molecule has 0 unspecified atom stereocenters. The van der Waals surface area contributed by atoms with E-state index in [9.17, 15) is 5.11 Å². The molecule has 0 saturated carbocycles. The summed E-state index contributed by atoms with van der Waals surface area (Å²) >= 11 is 8.80. The molecule has 0 aromatic carbocycles. The predicted octanol–water partition coefficient (Wildman–Crippen LogP) is 3.19. The lowest BCUT2D eigenvalue weighted by Gasteiger charge is -1.84. The zero-order valence-electron chi connectivity index (χ0n) is 5.90. The van der Waals surface area contributed by atoms with Crippen LogP contribution in [0.15, 0.2) is 0 Å². The summed E-state index contributed by atoms with van der Waals surface area (Å²) in [6.45, 7) is 2.20. The van der Waals surface area contributed by atoms with Crippen molar-refractivity contribution in [1.82, 2.24) is 0 Å². The summed E-state index contributed by atoms with van der Waals surface area (Å²) in [5.41, 5.74) is 0.